The van der Waals surface area contributed by atoms with E-state index in [0.717, 1.165) is 14.2 Å². The van der Waals surface area contributed by atoms with E-state index >= 15 is 0 Å². The van der Waals surface area contributed by atoms with E-state index in [1.165, 1.54) is 47.0 Å². The minimum Gasteiger partial charge on any atom is -0.351 e. The smallest absolute Gasteiger partial charge is 0.233 e. The fourth-order valence-corrected chi connectivity index (χ4v) is 4.07. The van der Waals surface area contributed by atoms with Crippen LogP contribution >= 0.6 is 34.9 Å². The molecule has 0 radical (unpaired) electrons. The average Bonchev–Trinajstić information content (AvgIpc) is 2.94. The Labute approximate surface area is 134 Å². The lowest BCUT2D eigenvalue weighted by Crippen LogP contribution is -2.30. The molecule has 0 unspecified atom stereocenters. The minimum absolute atomic E-state index is 0.0785. The number of hydrogen-bond donors (Lipinski definition) is 1. The largest absolute Gasteiger partial charge is 0.351 e. The van der Waals surface area contributed by atoms with Crippen LogP contribution in [-0.2, 0) is 11.3 Å². The minimum atomic E-state index is -0.283. The maximum atomic E-state index is 12.8. The van der Waals surface area contributed by atoms with E-state index in [9.17, 15) is 9.18 Å². The highest BCUT2D eigenvalue weighted by Gasteiger charge is 2.16. The van der Waals surface area contributed by atoms with Gasteiger partial charge in [-0.25, -0.2) is 4.39 Å². The summed E-state index contributed by atoms with van der Waals surface area (Å²) in [7, 11) is 0. The zero-order valence-corrected chi connectivity index (χ0v) is 13.9. The number of hydrogen-bond acceptors (Lipinski definition) is 6. The molecule has 0 saturated carbocycles. The second-order valence-corrected chi connectivity index (χ2v) is 7.76. The van der Waals surface area contributed by atoms with Gasteiger partial charge in [0.1, 0.15) is 5.82 Å². The molecule has 0 bridgehead atoms. The standard InChI is InChI=1S/C13H14FN3OS3/c1-8(20-13-17-16-12(19-2)21-13)11(18)15-7-9-3-5-10(14)6-4-9/h3-6,8H,7H2,1-2H3,(H,15,18)/t8-/m1/s1. The number of halogens is 1. The Morgan fingerprint density at radius 2 is 2.00 bits per heavy atom. The van der Waals surface area contributed by atoms with Crippen LogP contribution in [0.1, 0.15) is 12.5 Å². The normalized spacial score (nSPS) is 12.1. The molecule has 0 aliphatic heterocycles. The summed E-state index contributed by atoms with van der Waals surface area (Å²) < 4.78 is 14.5. The second-order valence-electron chi connectivity index (χ2n) is 4.14. The van der Waals surface area contributed by atoms with Gasteiger partial charge in [-0.2, -0.15) is 0 Å². The maximum Gasteiger partial charge on any atom is 0.233 e. The van der Waals surface area contributed by atoms with Crippen molar-refractivity contribution in [3.8, 4) is 0 Å². The van der Waals surface area contributed by atoms with Crippen molar-refractivity contribution in [2.45, 2.75) is 27.4 Å². The first-order valence-corrected chi connectivity index (χ1v) is 9.07. The van der Waals surface area contributed by atoms with Crippen LogP contribution in [-0.4, -0.2) is 27.6 Å². The number of benzene rings is 1. The number of carbonyl (C=O) groups excluding carboxylic acids is 1. The highest BCUT2D eigenvalue weighted by atomic mass is 32.2. The lowest BCUT2D eigenvalue weighted by Gasteiger charge is -2.10. The molecule has 1 aromatic heterocycles. The molecule has 4 nitrogen and oxygen atoms in total. The third-order valence-electron chi connectivity index (χ3n) is 2.59. The highest BCUT2D eigenvalue weighted by molar-refractivity contribution is 8.03. The third-order valence-corrected chi connectivity index (χ3v) is 5.67. The Morgan fingerprint density at radius 1 is 1.33 bits per heavy atom. The predicted octanol–water partition coefficient (Wildman–Crippen LogP) is 3.20. The molecule has 0 spiro atoms. The first-order valence-electron chi connectivity index (χ1n) is 6.15. The lowest BCUT2D eigenvalue weighted by molar-refractivity contribution is -0.120. The van der Waals surface area contributed by atoms with Gasteiger partial charge in [-0.05, 0) is 30.9 Å². The molecule has 1 N–H and O–H groups in total. The number of amides is 1. The van der Waals surface area contributed by atoms with Crippen LogP contribution in [0, 0.1) is 5.82 Å². The summed E-state index contributed by atoms with van der Waals surface area (Å²) in [6.45, 7) is 2.21. The van der Waals surface area contributed by atoms with Crippen molar-refractivity contribution in [2.75, 3.05) is 6.26 Å². The average molecular weight is 343 g/mol. The van der Waals surface area contributed by atoms with Crippen LogP contribution in [0.3, 0.4) is 0 Å². The van der Waals surface area contributed by atoms with E-state index in [0.29, 0.717) is 6.54 Å². The molecule has 0 aliphatic carbocycles. The van der Waals surface area contributed by atoms with Crippen LogP contribution in [0.25, 0.3) is 0 Å². The molecule has 112 valence electrons. The molecule has 8 heteroatoms. The SMILES string of the molecule is CSc1nnc(S[C@H](C)C(=O)NCc2ccc(F)cc2)s1. The molecular weight excluding hydrogens is 329 g/mol. The number of nitrogens with one attached hydrogen (secondary N) is 1. The van der Waals surface area contributed by atoms with Crippen LogP contribution < -0.4 is 5.32 Å². The van der Waals surface area contributed by atoms with E-state index in [4.69, 9.17) is 0 Å². The first-order chi connectivity index (χ1) is 10.1. The van der Waals surface area contributed by atoms with Gasteiger partial charge in [0, 0.05) is 6.54 Å². The topological polar surface area (TPSA) is 54.9 Å². The predicted molar refractivity (Wildman–Crippen MR) is 85.3 cm³/mol. The van der Waals surface area contributed by atoms with Crippen molar-refractivity contribution >= 4 is 40.8 Å². The highest BCUT2D eigenvalue weighted by Crippen LogP contribution is 2.30. The van der Waals surface area contributed by atoms with Crippen molar-refractivity contribution < 1.29 is 9.18 Å². The van der Waals surface area contributed by atoms with Crippen molar-refractivity contribution in [3.05, 3.63) is 35.6 Å². The zero-order valence-electron chi connectivity index (χ0n) is 11.5. The first kappa shape index (κ1) is 16.3. The summed E-state index contributed by atoms with van der Waals surface area (Å²) in [6, 6.07) is 6.07. The quantitative estimate of drug-likeness (QED) is 0.816. The summed E-state index contributed by atoms with van der Waals surface area (Å²) in [6.07, 6.45) is 1.94. The molecule has 0 aliphatic rings. The summed E-state index contributed by atoms with van der Waals surface area (Å²) in [5.74, 6) is -0.361. The van der Waals surface area contributed by atoms with Crippen LogP contribution in [0.15, 0.2) is 32.9 Å². The van der Waals surface area contributed by atoms with E-state index in [1.54, 1.807) is 12.1 Å². The molecule has 0 saturated heterocycles. The Bertz CT molecular complexity index is 603. The zero-order chi connectivity index (χ0) is 15.2. The van der Waals surface area contributed by atoms with Gasteiger partial charge in [-0.1, -0.05) is 47.0 Å². The number of carbonyl (C=O) groups is 1. The van der Waals surface area contributed by atoms with Crippen molar-refractivity contribution in [1.29, 1.82) is 0 Å². The molecule has 2 aromatic rings. The second kappa shape index (κ2) is 7.77. The van der Waals surface area contributed by atoms with Gasteiger partial charge in [0.15, 0.2) is 8.68 Å². The number of nitrogens with zero attached hydrogens (tertiary/aromatic N) is 2. The van der Waals surface area contributed by atoms with Crippen molar-refractivity contribution in [1.82, 2.24) is 15.5 Å². The van der Waals surface area contributed by atoms with E-state index < -0.39 is 0 Å². The molecule has 1 amide bonds. The summed E-state index contributed by atoms with van der Waals surface area (Å²) >= 11 is 4.40. The number of rotatable bonds is 6. The van der Waals surface area contributed by atoms with Gasteiger partial charge in [0.25, 0.3) is 0 Å². The molecule has 1 heterocycles. The Balaban J connectivity index is 1.83. The van der Waals surface area contributed by atoms with Crippen molar-refractivity contribution in [2.24, 2.45) is 0 Å². The summed E-state index contributed by atoms with van der Waals surface area (Å²) in [5, 5.41) is 10.6. The van der Waals surface area contributed by atoms with Crippen LogP contribution in [0.4, 0.5) is 4.39 Å². The molecule has 1 aromatic carbocycles. The fraction of sp³-hybridized carbons (Fsp3) is 0.308. The lowest BCUT2D eigenvalue weighted by atomic mass is 10.2. The van der Waals surface area contributed by atoms with Gasteiger partial charge >= 0.3 is 0 Å². The van der Waals surface area contributed by atoms with Crippen LogP contribution in [0.5, 0.6) is 0 Å². The van der Waals surface area contributed by atoms with E-state index in [1.807, 2.05) is 13.2 Å². The van der Waals surface area contributed by atoms with Gasteiger partial charge < -0.3 is 5.32 Å². The fourth-order valence-electron chi connectivity index (χ4n) is 1.47. The molecule has 2 rings (SSSR count). The third kappa shape index (κ3) is 4.98. The molecular formula is C13H14FN3OS3. The summed E-state index contributed by atoms with van der Waals surface area (Å²) in [5.41, 5.74) is 0.863. The summed E-state index contributed by atoms with van der Waals surface area (Å²) in [4.78, 5) is 12.0. The van der Waals surface area contributed by atoms with Crippen molar-refractivity contribution in [3.63, 3.8) is 0 Å². The van der Waals surface area contributed by atoms with Crippen LogP contribution in [0.2, 0.25) is 0 Å². The van der Waals surface area contributed by atoms with Gasteiger partial charge in [-0.3, -0.25) is 4.79 Å². The Kier molecular flexibility index (Phi) is 6.01. The Hall–Kier alpha value is -1.12. The van der Waals surface area contributed by atoms with E-state index in [-0.39, 0.29) is 17.0 Å². The number of aromatic nitrogens is 2. The molecule has 1 atom stereocenters. The monoisotopic (exact) mass is 343 g/mol. The Morgan fingerprint density at radius 3 is 2.62 bits per heavy atom. The van der Waals surface area contributed by atoms with Gasteiger partial charge in [-0.15, -0.1) is 10.2 Å². The number of thioether (sulfide) groups is 2. The van der Waals surface area contributed by atoms with Gasteiger partial charge in [0.2, 0.25) is 5.91 Å². The van der Waals surface area contributed by atoms with Gasteiger partial charge in [0.05, 0.1) is 5.25 Å². The maximum absolute atomic E-state index is 12.8. The molecule has 0 fully saturated rings. The molecule has 21 heavy (non-hydrogen) atoms. The van der Waals surface area contributed by atoms with E-state index in [2.05, 4.69) is 15.5 Å².